The molecule has 0 aromatic heterocycles. The van der Waals surface area contributed by atoms with Crippen molar-refractivity contribution in [1.82, 2.24) is 0 Å². The molecule has 2 atom stereocenters. The van der Waals surface area contributed by atoms with Crippen LogP contribution in [0.2, 0.25) is 0 Å². The third-order valence-electron chi connectivity index (χ3n) is 1.90. The van der Waals surface area contributed by atoms with Crippen LogP contribution in [0, 0.1) is 11.8 Å². The molecule has 1 fully saturated rings. The van der Waals surface area contributed by atoms with Gasteiger partial charge in [-0.05, 0) is 5.92 Å². The van der Waals surface area contributed by atoms with Crippen molar-refractivity contribution in [2.45, 2.75) is 6.92 Å². The van der Waals surface area contributed by atoms with Crippen LogP contribution >= 0.6 is 0 Å². The van der Waals surface area contributed by atoms with Gasteiger partial charge in [0, 0.05) is 19.6 Å². The van der Waals surface area contributed by atoms with E-state index in [1.54, 1.807) is 7.11 Å². The summed E-state index contributed by atoms with van der Waals surface area (Å²) >= 11 is 0. The predicted molar refractivity (Wildman–Crippen MR) is 35.3 cm³/mol. The van der Waals surface area contributed by atoms with Crippen molar-refractivity contribution in [2.75, 3.05) is 26.9 Å². The van der Waals surface area contributed by atoms with Gasteiger partial charge in [0.2, 0.25) is 0 Å². The molecule has 0 aromatic carbocycles. The van der Waals surface area contributed by atoms with Gasteiger partial charge in [0.25, 0.3) is 0 Å². The Bertz CT molecular complexity index is 83.0. The van der Waals surface area contributed by atoms with Gasteiger partial charge >= 0.3 is 0 Å². The van der Waals surface area contributed by atoms with Gasteiger partial charge in [0.05, 0.1) is 13.2 Å². The summed E-state index contributed by atoms with van der Waals surface area (Å²) in [7, 11) is 1.74. The summed E-state index contributed by atoms with van der Waals surface area (Å²) < 4.78 is 10.3. The van der Waals surface area contributed by atoms with Gasteiger partial charge in [-0.3, -0.25) is 0 Å². The first kappa shape index (κ1) is 7.03. The van der Waals surface area contributed by atoms with Gasteiger partial charge in [-0.25, -0.2) is 0 Å². The molecule has 0 spiro atoms. The average molecular weight is 130 g/mol. The molecular weight excluding hydrogens is 116 g/mol. The minimum atomic E-state index is 0.634. The lowest BCUT2D eigenvalue weighted by atomic mass is 10.00. The smallest absolute Gasteiger partial charge is 0.0519 e. The second-order valence-electron chi connectivity index (χ2n) is 2.73. The highest BCUT2D eigenvalue weighted by atomic mass is 16.5. The van der Waals surface area contributed by atoms with Crippen molar-refractivity contribution in [2.24, 2.45) is 11.8 Å². The number of ether oxygens (including phenoxy) is 2. The molecule has 0 aromatic rings. The highest BCUT2D eigenvalue weighted by molar-refractivity contribution is 4.70. The lowest BCUT2D eigenvalue weighted by molar-refractivity contribution is 0.125. The van der Waals surface area contributed by atoms with Crippen LogP contribution in [0.5, 0.6) is 0 Å². The third-order valence-corrected chi connectivity index (χ3v) is 1.90. The largest absolute Gasteiger partial charge is 0.384 e. The van der Waals surface area contributed by atoms with E-state index >= 15 is 0 Å². The Morgan fingerprint density at radius 1 is 1.56 bits per heavy atom. The Hall–Kier alpha value is -0.0800. The third kappa shape index (κ3) is 1.66. The zero-order chi connectivity index (χ0) is 6.69. The molecule has 0 N–H and O–H groups in total. The molecule has 1 heterocycles. The molecule has 2 nitrogen and oxygen atoms in total. The first-order valence-electron chi connectivity index (χ1n) is 3.41. The Labute approximate surface area is 56.2 Å². The zero-order valence-corrected chi connectivity index (χ0v) is 6.09. The van der Waals surface area contributed by atoms with E-state index in [-0.39, 0.29) is 0 Å². The van der Waals surface area contributed by atoms with Gasteiger partial charge in [-0.15, -0.1) is 0 Å². The summed E-state index contributed by atoms with van der Waals surface area (Å²) in [6.07, 6.45) is 0. The summed E-state index contributed by atoms with van der Waals surface area (Å²) in [6.45, 7) is 4.85. The van der Waals surface area contributed by atoms with Gasteiger partial charge in [0.1, 0.15) is 0 Å². The van der Waals surface area contributed by atoms with Crippen LogP contribution < -0.4 is 0 Å². The minimum absolute atomic E-state index is 0.634. The molecule has 1 aliphatic heterocycles. The molecule has 1 aliphatic rings. The fourth-order valence-electron chi connectivity index (χ4n) is 1.13. The monoisotopic (exact) mass is 130 g/mol. The van der Waals surface area contributed by atoms with Crippen LogP contribution in [0.1, 0.15) is 6.92 Å². The second kappa shape index (κ2) is 3.18. The Balaban J connectivity index is 2.22. The first-order chi connectivity index (χ1) is 4.34. The zero-order valence-electron chi connectivity index (χ0n) is 6.09. The van der Waals surface area contributed by atoms with Crippen molar-refractivity contribution in [3.05, 3.63) is 0 Å². The van der Waals surface area contributed by atoms with E-state index < -0.39 is 0 Å². The highest BCUT2D eigenvalue weighted by Crippen LogP contribution is 2.19. The maximum absolute atomic E-state index is 5.24. The molecule has 0 aliphatic carbocycles. The summed E-state index contributed by atoms with van der Waals surface area (Å²) in [6, 6.07) is 0. The lowest BCUT2D eigenvalue weighted by Crippen LogP contribution is -2.14. The molecule has 1 saturated heterocycles. The van der Waals surface area contributed by atoms with Crippen LogP contribution in [0.15, 0.2) is 0 Å². The van der Waals surface area contributed by atoms with Crippen LogP contribution in [-0.2, 0) is 9.47 Å². The van der Waals surface area contributed by atoms with Gasteiger partial charge in [-0.1, -0.05) is 6.92 Å². The first-order valence-corrected chi connectivity index (χ1v) is 3.41. The number of methoxy groups -OCH3 is 1. The van der Waals surface area contributed by atoms with Crippen molar-refractivity contribution in [1.29, 1.82) is 0 Å². The fraction of sp³-hybridized carbons (Fsp3) is 1.00. The predicted octanol–water partition coefficient (Wildman–Crippen LogP) is 0.915. The summed E-state index contributed by atoms with van der Waals surface area (Å²) in [5.41, 5.74) is 0. The maximum Gasteiger partial charge on any atom is 0.0519 e. The van der Waals surface area contributed by atoms with E-state index in [1.807, 2.05) is 0 Å². The maximum atomic E-state index is 5.24. The molecule has 0 saturated carbocycles. The normalized spacial score (nSPS) is 35.3. The van der Waals surface area contributed by atoms with E-state index in [0.717, 1.165) is 19.8 Å². The van der Waals surface area contributed by atoms with E-state index in [4.69, 9.17) is 9.47 Å². The molecule has 2 unspecified atom stereocenters. The topological polar surface area (TPSA) is 18.5 Å². The molecule has 0 bridgehead atoms. The van der Waals surface area contributed by atoms with Crippen LogP contribution in [-0.4, -0.2) is 26.9 Å². The Morgan fingerprint density at radius 2 is 2.33 bits per heavy atom. The number of hydrogen-bond acceptors (Lipinski definition) is 2. The summed E-state index contributed by atoms with van der Waals surface area (Å²) in [5.74, 6) is 1.32. The molecule has 9 heavy (non-hydrogen) atoms. The second-order valence-corrected chi connectivity index (χ2v) is 2.73. The van der Waals surface area contributed by atoms with Crippen molar-refractivity contribution in [3.8, 4) is 0 Å². The molecule has 0 radical (unpaired) electrons. The lowest BCUT2D eigenvalue weighted by Gasteiger charge is -2.09. The standard InChI is InChI=1S/C7H14O2/c1-6-3-9-5-7(6)4-8-2/h6-7H,3-5H2,1-2H3. The molecule has 54 valence electrons. The Kier molecular flexibility index (Phi) is 2.49. The van der Waals surface area contributed by atoms with E-state index in [9.17, 15) is 0 Å². The van der Waals surface area contributed by atoms with E-state index in [0.29, 0.717) is 11.8 Å². The number of hydrogen-bond donors (Lipinski definition) is 0. The Morgan fingerprint density at radius 3 is 2.78 bits per heavy atom. The highest BCUT2D eigenvalue weighted by Gasteiger charge is 2.23. The summed E-state index contributed by atoms with van der Waals surface area (Å²) in [4.78, 5) is 0. The SMILES string of the molecule is COCC1COCC1C. The fourth-order valence-corrected chi connectivity index (χ4v) is 1.13. The van der Waals surface area contributed by atoms with Gasteiger partial charge < -0.3 is 9.47 Å². The molecule has 0 amide bonds. The van der Waals surface area contributed by atoms with E-state index in [2.05, 4.69) is 6.92 Å². The summed E-state index contributed by atoms with van der Waals surface area (Å²) in [5, 5.41) is 0. The van der Waals surface area contributed by atoms with E-state index in [1.165, 1.54) is 0 Å². The molecular formula is C7H14O2. The number of rotatable bonds is 2. The molecule has 2 heteroatoms. The van der Waals surface area contributed by atoms with Crippen molar-refractivity contribution < 1.29 is 9.47 Å². The van der Waals surface area contributed by atoms with Crippen LogP contribution in [0.25, 0.3) is 0 Å². The van der Waals surface area contributed by atoms with Crippen molar-refractivity contribution >= 4 is 0 Å². The van der Waals surface area contributed by atoms with Crippen LogP contribution in [0.4, 0.5) is 0 Å². The minimum Gasteiger partial charge on any atom is -0.384 e. The quantitative estimate of drug-likeness (QED) is 0.553. The van der Waals surface area contributed by atoms with Gasteiger partial charge in [0.15, 0.2) is 0 Å². The van der Waals surface area contributed by atoms with Gasteiger partial charge in [-0.2, -0.15) is 0 Å². The average Bonchev–Trinajstić information content (AvgIpc) is 2.18. The van der Waals surface area contributed by atoms with Crippen molar-refractivity contribution in [3.63, 3.8) is 0 Å². The molecule has 1 rings (SSSR count). The van der Waals surface area contributed by atoms with Crippen LogP contribution in [0.3, 0.4) is 0 Å².